The number of nitrogens with zero attached hydrogens (tertiary/aromatic N) is 3. The van der Waals surface area contributed by atoms with Crippen LogP contribution in [0.25, 0.3) is 11.4 Å². The molecule has 5 nitrogen and oxygen atoms in total. The number of rotatable bonds is 5. The van der Waals surface area contributed by atoms with E-state index in [1.807, 2.05) is 24.5 Å². The van der Waals surface area contributed by atoms with Crippen molar-refractivity contribution in [3.63, 3.8) is 0 Å². The van der Waals surface area contributed by atoms with Gasteiger partial charge in [-0.25, -0.2) is 4.68 Å². The van der Waals surface area contributed by atoms with Crippen molar-refractivity contribution in [2.45, 2.75) is 16.2 Å². The van der Waals surface area contributed by atoms with E-state index in [1.165, 1.54) is 0 Å². The topological polar surface area (TPSA) is 69.3 Å². The van der Waals surface area contributed by atoms with E-state index < -0.39 is 0 Å². The van der Waals surface area contributed by atoms with Crippen molar-refractivity contribution >= 4 is 23.5 Å². The number of thioether (sulfide) groups is 2. The average Bonchev–Trinajstić information content (AvgIpc) is 3.20. The normalized spacial score (nSPS) is 17.6. The lowest BCUT2D eigenvalue weighted by Crippen LogP contribution is -2.12. The standard InChI is InChI=1S/C12H14N4OS2/c1-18-10-5-3-2-4-9(10)11-14-15-12(16(11)13)19-7-8-6-17-8/h2-5,8H,6-7,13H2,1H3. The van der Waals surface area contributed by atoms with Gasteiger partial charge in [-0.1, -0.05) is 23.9 Å². The molecule has 1 aliphatic heterocycles. The lowest BCUT2D eigenvalue weighted by molar-refractivity contribution is 0.426. The Balaban J connectivity index is 1.87. The molecule has 2 N–H and O–H groups in total. The fourth-order valence-corrected chi connectivity index (χ4v) is 3.17. The van der Waals surface area contributed by atoms with Gasteiger partial charge in [0.1, 0.15) is 0 Å². The second-order valence-corrected chi connectivity index (χ2v) is 5.98. The number of nitrogen functional groups attached to an aromatic ring is 1. The molecule has 0 amide bonds. The van der Waals surface area contributed by atoms with Gasteiger partial charge < -0.3 is 10.6 Å². The molecule has 7 heteroatoms. The molecule has 1 saturated heterocycles. The second kappa shape index (κ2) is 5.44. The maximum Gasteiger partial charge on any atom is 0.210 e. The van der Waals surface area contributed by atoms with Gasteiger partial charge in [0.2, 0.25) is 5.16 Å². The summed E-state index contributed by atoms with van der Waals surface area (Å²) in [7, 11) is 0. The summed E-state index contributed by atoms with van der Waals surface area (Å²) < 4.78 is 6.73. The molecule has 100 valence electrons. The molecule has 2 heterocycles. The first-order valence-corrected chi connectivity index (χ1v) is 8.09. The molecule has 0 saturated carbocycles. The van der Waals surface area contributed by atoms with E-state index in [4.69, 9.17) is 10.6 Å². The van der Waals surface area contributed by atoms with Crippen molar-refractivity contribution in [3.8, 4) is 11.4 Å². The monoisotopic (exact) mass is 294 g/mol. The van der Waals surface area contributed by atoms with E-state index in [-0.39, 0.29) is 0 Å². The highest BCUT2D eigenvalue weighted by atomic mass is 32.2. The maximum atomic E-state index is 6.09. The van der Waals surface area contributed by atoms with E-state index >= 15 is 0 Å². The summed E-state index contributed by atoms with van der Waals surface area (Å²) in [5.74, 6) is 7.66. The number of aromatic nitrogens is 3. The van der Waals surface area contributed by atoms with E-state index in [0.29, 0.717) is 11.9 Å². The Morgan fingerprint density at radius 3 is 2.95 bits per heavy atom. The van der Waals surface area contributed by atoms with Gasteiger partial charge in [-0.3, -0.25) is 0 Å². The molecule has 19 heavy (non-hydrogen) atoms. The van der Waals surface area contributed by atoms with Gasteiger partial charge >= 0.3 is 0 Å². The van der Waals surface area contributed by atoms with Gasteiger partial charge in [0.05, 0.1) is 12.7 Å². The van der Waals surface area contributed by atoms with Gasteiger partial charge in [-0.15, -0.1) is 22.0 Å². The van der Waals surface area contributed by atoms with Crippen molar-refractivity contribution in [1.82, 2.24) is 14.9 Å². The van der Waals surface area contributed by atoms with Crippen molar-refractivity contribution in [2.75, 3.05) is 24.5 Å². The zero-order valence-corrected chi connectivity index (χ0v) is 12.1. The molecule has 1 aromatic carbocycles. The molecule has 0 aliphatic carbocycles. The van der Waals surface area contributed by atoms with Crippen LogP contribution in [-0.2, 0) is 4.74 Å². The van der Waals surface area contributed by atoms with Crippen LogP contribution in [0.1, 0.15) is 0 Å². The SMILES string of the molecule is CSc1ccccc1-c1nnc(SCC2CO2)n1N. The first-order valence-electron chi connectivity index (χ1n) is 5.88. The molecule has 1 aliphatic rings. The largest absolute Gasteiger partial charge is 0.372 e. The minimum absolute atomic E-state index is 0.351. The Morgan fingerprint density at radius 1 is 1.42 bits per heavy atom. The lowest BCUT2D eigenvalue weighted by atomic mass is 10.2. The Bertz CT molecular complexity index is 583. The van der Waals surface area contributed by atoms with Gasteiger partial charge in [0, 0.05) is 16.2 Å². The summed E-state index contributed by atoms with van der Waals surface area (Å²) in [5, 5.41) is 9.08. The third-order valence-corrected chi connectivity index (χ3v) is 4.68. The van der Waals surface area contributed by atoms with Gasteiger partial charge in [-0.05, 0) is 18.4 Å². The quantitative estimate of drug-likeness (QED) is 0.516. The summed E-state index contributed by atoms with van der Waals surface area (Å²) in [5.41, 5.74) is 1.01. The Hall–Kier alpha value is -1.18. The number of benzene rings is 1. The molecular weight excluding hydrogens is 280 g/mol. The molecule has 1 unspecified atom stereocenters. The zero-order valence-electron chi connectivity index (χ0n) is 10.4. The number of nitrogens with two attached hydrogens (primary N) is 1. The predicted molar refractivity (Wildman–Crippen MR) is 77.9 cm³/mol. The van der Waals surface area contributed by atoms with Crippen LogP contribution in [0.3, 0.4) is 0 Å². The van der Waals surface area contributed by atoms with E-state index in [2.05, 4.69) is 16.3 Å². The van der Waals surface area contributed by atoms with Crippen molar-refractivity contribution < 1.29 is 4.74 Å². The molecule has 0 bridgehead atoms. The Morgan fingerprint density at radius 2 is 2.21 bits per heavy atom. The van der Waals surface area contributed by atoms with E-state index in [0.717, 1.165) is 28.0 Å². The first-order chi connectivity index (χ1) is 9.29. The fraction of sp³-hybridized carbons (Fsp3) is 0.333. The maximum absolute atomic E-state index is 6.09. The third kappa shape index (κ3) is 2.72. The smallest absolute Gasteiger partial charge is 0.210 e. The molecule has 2 aromatic rings. The summed E-state index contributed by atoms with van der Waals surface area (Å²) >= 11 is 3.25. The van der Waals surface area contributed by atoms with Gasteiger partial charge in [-0.2, -0.15) is 0 Å². The fourth-order valence-electron chi connectivity index (χ4n) is 1.72. The van der Waals surface area contributed by atoms with Crippen LogP contribution in [0, 0.1) is 0 Å². The summed E-state index contributed by atoms with van der Waals surface area (Å²) in [6.07, 6.45) is 2.39. The number of ether oxygens (including phenoxy) is 1. The average molecular weight is 294 g/mol. The first kappa shape index (κ1) is 12.8. The van der Waals surface area contributed by atoms with Crippen LogP contribution in [0.4, 0.5) is 0 Å². The lowest BCUT2D eigenvalue weighted by Gasteiger charge is -2.06. The number of epoxide rings is 1. The Kier molecular flexibility index (Phi) is 3.67. The van der Waals surface area contributed by atoms with Crippen LogP contribution in [0.15, 0.2) is 34.3 Å². The molecule has 1 fully saturated rings. The third-order valence-electron chi connectivity index (χ3n) is 2.81. The summed E-state index contributed by atoms with van der Waals surface area (Å²) in [6, 6.07) is 8.05. The van der Waals surface area contributed by atoms with Crippen molar-refractivity contribution in [1.29, 1.82) is 0 Å². The van der Waals surface area contributed by atoms with Crippen LogP contribution in [-0.4, -0.2) is 39.6 Å². The molecular formula is C12H14N4OS2. The minimum atomic E-state index is 0.351. The summed E-state index contributed by atoms with van der Waals surface area (Å²) in [6.45, 7) is 0.841. The number of hydrogen-bond acceptors (Lipinski definition) is 6. The highest BCUT2D eigenvalue weighted by Gasteiger charge is 2.24. The van der Waals surface area contributed by atoms with Crippen LogP contribution in [0.5, 0.6) is 0 Å². The van der Waals surface area contributed by atoms with Crippen LogP contribution >= 0.6 is 23.5 Å². The summed E-state index contributed by atoms with van der Waals surface area (Å²) in [4.78, 5) is 1.14. The molecule has 3 rings (SSSR count). The van der Waals surface area contributed by atoms with Crippen molar-refractivity contribution in [3.05, 3.63) is 24.3 Å². The highest BCUT2D eigenvalue weighted by molar-refractivity contribution is 7.99. The molecule has 0 radical (unpaired) electrons. The minimum Gasteiger partial charge on any atom is -0.372 e. The zero-order chi connectivity index (χ0) is 13.2. The van der Waals surface area contributed by atoms with Crippen LogP contribution in [0.2, 0.25) is 0 Å². The molecule has 1 aromatic heterocycles. The second-order valence-electron chi connectivity index (χ2n) is 4.14. The van der Waals surface area contributed by atoms with Crippen molar-refractivity contribution in [2.24, 2.45) is 0 Å². The van der Waals surface area contributed by atoms with E-state index in [9.17, 15) is 0 Å². The van der Waals surface area contributed by atoms with Gasteiger partial charge in [0.15, 0.2) is 5.82 Å². The highest BCUT2D eigenvalue weighted by Crippen LogP contribution is 2.30. The number of hydrogen-bond donors (Lipinski definition) is 1. The van der Waals surface area contributed by atoms with Gasteiger partial charge in [0.25, 0.3) is 0 Å². The Labute approximate surface area is 119 Å². The molecule has 0 spiro atoms. The van der Waals surface area contributed by atoms with Crippen LogP contribution < -0.4 is 5.84 Å². The molecule has 1 atom stereocenters. The van der Waals surface area contributed by atoms with E-state index in [1.54, 1.807) is 28.2 Å². The predicted octanol–water partition coefficient (Wildman–Crippen LogP) is 1.87.